The second kappa shape index (κ2) is 9.85. The van der Waals surface area contributed by atoms with Crippen molar-refractivity contribution < 1.29 is 16.5 Å². The predicted octanol–water partition coefficient (Wildman–Crippen LogP) is 7.82. The van der Waals surface area contributed by atoms with E-state index in [0.717, 1.165) is 24.2 Å². The van der Waals surface area contributed by atoms with Crippen LogP contribution in [0, 0.1) is 19.8 Å². The Morgan fingerprint density at radius 1 is 0.793 bits per heavy atom. The van der Waals surface area contributed by atoms with E-state index in [-0.39, 0.29) is 16.5 Å². The average molecular weight is 433 g/mol. The van der Waals surface area contributed by atoms with Crippen LogP contribution < -0.4 is 0 Å². The number of para-hydroxylation sites is 2. The minimum Gasteiger partial charge on any atom is -0.251 e. The number of hydrogen-bond acceptors (Lipinski definition) is 2. The summed E-state index contributed by atoms with van der Waals surface area (Å²) in [7, 11) is 0. The number of aryl methyl sites for hydroxylation is 2. The van der Waals surface area contributed by atoms with E-state index in [1.165, 1.54) is 33.7 Å². The van der Waals surface area contributed by atoms with Crippen molar-refractivity contribution in [3.63, 3.8) is 0 Å². The van der Waals surface area contributed by atoms with Crippen LogP contribution in [0.2, 0.25) is 0 Å². The van der Waals surface area contributed by atoms with Crippen LogP contribution in [0.5, 0.6) is 0 Å². The number of nitrogens with zero attached hydrogens (tertiary/aromatic N) is 2. The number of aliphatic imine (C=N–C) groups is 2. The average Bonchev–Trinajstić information content (AvgIpc) is 2.98. The molecule has 1 fully saturated rings. The van der Waals surface area contributed by atoms with Gasteiger partial charge in [-0.25, -0.2) is 0 Å². The molecule has 3 rings (SSSR count). The molecule has 0 bridgehead atoms. The molecule has 0 spiro atoms. The van der Waals surface area contributed by atoms with Crippen LogP contribution in [0.3, 0.4) is 0 Å². The summed E-state index contributed by atoms with van der Waals surface area (Å²) in [6, 6.07) is 13.0. The first kappa shape index (κ1) is 23.6. The van der Waals surface area contributed by atoms with Crippen molar-refractivity contribution in [2.75, 3.05) is 0 Å². The standard InChI is InChI=1S/C26H34N2.Ni/c1-16(2)21-12-9-13-22(17(3)4)26(21)28-25-20(7)14-15-23(25)27-24-18(5)10-8-11-19(24)6;/h8-13,16-17,20H,14-15H2,1-7H3;. The van der Waals surface area contributed by atoms with E-state index in [0.29, 0.717) is 17.8 Å². The zero-order chi connectivity index (χ0) is 20.4. The van der Waals surface area contributed by atoms with Gasteiger partial charge in [-0.05, 0) is 60.8 Å². The summed E-state index contributed by atoms with van der Waals surface area (Å²) in [5, 5.41) is 0. The first-order valence-electron chi connectivity index (χ1n) is 10.6. The predicted molar refractivity (Wildman–Crippen MR) is 123 cm³/mol. The Balaban J connectivity index is 0.00000300. The zero-order valence-electron chi connectivity index (χ0n) is 18.8. The maximum atomic E-state index is 5.30. The Kier molecular flexibility index (Phi) is 8.00. The van der Waals surface area contributed by atoms with Crippen LogP contribution in [0.15, 0.2) is 46.4 Å². The fourth-order valence-corrected chi connectivity index (χ4v) is 4.07. The van der Waals surface area contributed by atoms with E-state index in [2.05, 4.69) is 84.9 Å². The van der Waals surface area contributed by atoms with Crippen molar-refractivity contribution in [3.8, 4) is 0 Å². The number of hydrogen-bond donors (Lipinski definition) is 0. The molecule has 0 radical (unpaired) electrons. The van der Waals surface area contributed by atoms with Crippen LogP contribution >= 0.6 is 0 Å². The molecule has 2 aromatic rings. The van der Waals surface area contributed by atoms with Crippen LogP contribution in [0.1, 0.15) is 81.5 Å². The Morgan fingerprint density at radius 3 is 1.83 bits per heavy atom. The Bertz CT molecular complexity index is 876. The largest absolute Gasteiger partial charge is 0.251 e. The third-order valence-corrected chi connectivity index (χ3v) is 5.84. The van der Waals surface area contributed by atoms with E-state index in [9.17, 15) is 0 Å². The monoisotopic (exact) mass is 432 g/mol. The summed E-state index contributed by atoms with van der Waals surface area (Å²) in [4.78, 5) is 10.4. The van der Waals surface area contributed by atoms with Crippen molar-refractivity contribution in [3.05, 3.63) is 58.7 Å². The molecule has 1 unspecified atom stereocenters. The van der Waals surface area contributed by atoms with Gasteiger partial charge in [-0.15, -0.1) is 0 Å². The van der Waals surface area contributed by atoms with E-state index in [4.69, 9.17) is 9.98 Å². The van der Waals surface area contributed by atoms with Gasteiger partial charge in [0.15, 0.2) is 0 Å². The molecule has 0 amide bonds. The van der Waals surface area contributed by atoms with Crippen molar-refractivity contribution in [1.82, 2.24) is 0 Å². The van der Waals surface area contributed by atoms with Crippen LogP contribution in [-0.2, 0) is 16.5 Å². The van der Waals surface area contributed by atoms with Gasteiger partial charge in [-0.3, -0.25) is 9.98 Å². The number of rotatable bonds is 4. The first-order valence-corrected chi connectivity index (χ1v) is 10.6. The molecule has 2 nitrogen and oxygen atoms in total. The van der Waals surface area contributed by atoms with Gasteiger partial charge < -0.3 is 0 Å². The van der Waals surface area contributed by atoms with Gasteiger partial charge in [-0.1, -0.05) is 71.0 Å². The fourth-order valence-electron chi connectivity index (χ4n) is 4.07. The summed E-state index contributed by atoms with van der Waals surface area (Å²) < 4.78 is 0. The molecular weight excluding hydrogens is 399 g/mol. The SMILES string of the molecule is Cc1cccc(C)c1N=C1CCC(C)C1=Nc1c(C(C)C)cccc1C(C)C.[Ni]. The van der Waals surface area contributed by atoms with Crippen LogP contribution in [0.4, 0.5) is 11.4 Å². The van der Waals surface area contributed by atoms with Crippen molar-refractivity contribution >= 4 is 22.8 Å². The molecule has 0 N–H and O–H groups in total. The molecule has 1 atom stereocenters. The normalized spacial score (nSPS) is 19.4. The zero-order valence-corrected chi connectivity index (χ0v) is 19.8. The summed E-state index contributed by atoms with van der Waals surface area (Å²) in [5.74, 6) is 1.35. The molecule has 3 heteroatoms. The third-order valence-electron chi connectivity index (χ3n) is 5.84. The van der Waals surface area contributed by atoms with Crippen molar-refractivity contribution in [2.45, 2.75) is 73.1 Å². The summed E-state index contributed by atoms with van der Waals surface area (Å²) in [6.45, 7) is 15.6. The molecule has 1 aliphatic rings. The third kappa shape index (κ3) is 5.07. The smallest absolute Gasteiger partial charge is 0.0703 e. The molecular formula is C26H34N2Ni. The van der Waals surface area contributed by atoms with E-state index >= 15 is 0 Å². The van der Waals surface area contributed by atoms with Gasteiger partial charge in [-0.2, -0.15) is 0 Å². The molecule has 1 aliphatic carbocycles. The molecule has 2 aromatic carbocycles. The quantitative estimate of drug-likeness (QED) is 0.439. The molecule has 158 valence electrons. The first-order chi connectivity index (χ1) is 13.3. The van der Waals surface area contributed by atoms with Crippen LogP contribution in [-0.4, -0.2) is 11.4 Å². The molecule has 29 heavy (non-hydrogen) atoms. The van der Waals surface area contributed by atoms with Gasteiger partial charge in [0.1, 0.15) is 0 Å². The molecule has 0 saturated heterocycles. The van der Waals surface area contributed by atoms with Gasteiger partial charge in [0.25, 0.3) is 0 Å². The molecule has 0 heterocycles. The minimum absolute atomic E-state index is 0. The van der Waals surface area contributed by atoms with E-state index in [1.54, 1.807) is 0 Å². The molecule has 1 saturated carbocycles. The van der Waals surface area contributed by atoms with Gasteiger partial charge >= 0.3 is 0 Å². The fraction of sp³-hybridized carbons (Fsp3) is 0.462. The molecule has 0 aromatic heterocycles. The van der Waals surface area contributed by atoms with E-state index < -0.39 is 0 Å². The summed E-state index contributed by atoms with van der Waals surface area (Å²) in [6.07, 6.45) is 2.14. The van der Waals surface area contributed by atoms with Crippen LogP contribution in [0.25, 0.3) is 0 Å². The van der Waals surface area contributed by atoms with Gasteiger partial charge in [0, 0.05) is 22.4 Å². The maximum absolute atomic E-state index is 5.30. The Hall–Kier alpha value is -1.73. The second-order valence-corrected chi connectivity index (χ2v) is 8.83. The second-order valence-electron chi connectivity index (χ2n) is 8.83. The topological polar surface area (TPSA) is 24.7 Å². The Labute approximate surface area is 186 Å². The Morgan fingerprint density at radius 2 is 1.31 bits per heavy atom. The molecule has 0 aliphatic heterocycles. The van der Waals surface area contributed by atoms with Crippen molar-refractivity contribution in [2.24, 2.45) is 15.9 Å². The van der Waals surface area contributed by atoms with Gasteiger partial charge in [0.05, 0.1) is 22.8 Å². The summed E-state index contributed by atoms with van der Waals surface area (Å²) in [5.41, 5.74) is 9.77. The van der Waals surface area contributed by atoms with Gasteiger partial charge in [0.2, 0.25) is 0 Å². The minimum atomic E-state index is 0. The van der Waals surface area contributed by atoms with E-state index in [1.807, 2.05) is 0 Å². The number of benzene rings is 2. The van der Waals surface area contributed by atoms with Crippen molar-refractivity contribution in [1.29, 1.82) is 0 Å². The maximum Gasteiger partial charge on any atom is 0.0703 e. The summed E-state index contributed by atoms with van der Waals surface area (Å²) >= 11 is 0.